The van der Waals surface area contributed by atoms with Crippen LogP contribution in [0.3, 0.4) is 0 Å². The SMILES string of the molecule is O=C1CN=Cc2cccc3c(-c4ccccc4)cn1c23. The molecule has 4 rings (SSSR count). The van der Waals surface area contributed by atoms with Gasteiger partial charge in [-0.2, -0.15) is 0 Å². The first-order valence-electron chi connectivity index (χ1n) is 6.57. The van der Waals surface area contributed by atoms with Gasteiger partial charge in [-0.25, -0.2) is 0 Å². The number of hydrogen-bond donors (Lipinski definition) is 0. The molecular weight excluding hydrogens is 248 g/mol. The molecule has 3 nitrogen and oxygen atoms in total. The number of hydrogen-bond acceptors (Lipinski definition) is 2. The van der Waals surface area contributed by atoms with Crippen molar-refractivity contribution < 1.29 is 4.79 Å². The summed E-state index contributed by atoms with van der Waals surface area (Å²) in [5, 5.41) is 1.09. The van der Waals surface area contributed by atoms with Crippen LogP contribution in [0.1, 0.15) is 10.4 Å². The molecule has 0 saturated carbocycles. The molecule has 3 heteroatoms. The average Bonchev–Trinajstić information content (AvgIpc) is 2.80. The predicted molar refractivity (Wildman–Crippen MR) is 80.5 cm³/mol. The number of aromatic nitrogens is 1. The predicted octanol–water partition coefficient (Wildman–Crippen LogP) is 3.38. The van der Waals surface area contributed by atoms with E-state index in [0.717, 1.165) is 27.6 Å². The summed E-state index contributed by atoms with van der Waals surface area (Å²) in [5.41, 5.74) is 4.16. The summed E-state index contributed by atoms with van der Waals surface area (Å²) in [6.45, 7) is 0.201. The van der Waals surface area contributed by atoms with Crippen LogP contribution in [-0.2, 0) is 0 Å². The first kappa shape index (κ1) is 11.2. The zero-order valence-electron chi connectivity index (χ0n) is 10.8. The Morgan fingerprint density at radius 1 is 1.00 bits per heavy atom. The lowest BCUT2D eigenvalue weighted by Gasteiger charge is -2.00. The maximum absolute atomic E-state index is 12.2. The van der Waals surface area contributed by atoms with Crippen molar-refractivity contribution in [3.05, 3.63) is 60.3 Å². The minimum atomic E-state index is 0.0124. The zero-order chi connectivity index (χ0) is 13.5. The first-order valence-corrected chi connectivity index (χ1v) is 6.57. The molecule has 3 aromatic rings. The first-order chi connectivity index (χ1) is 9.84. The molecule has 0 saturated heterocycles. The Kier molecular flexibility index (Phi) is 2.33. The van der Waals surface area contributed by atoms with Gasteiger partial charge in [0, 0.05) is 28.9 Å². The summed E-state index contributed by atoms with van der Waals surface area (Å²) in [4.78, 5) is 16.4. The van der Waals surface area contributed by atoms with Gasteiger partial charge in [0.25, 0.3) is 5.91 Å². The maximum atomic E-state index is 12.2. The van der Waals surface area contributed by atoms with Crippen LogP contribution in [0, 0.1) is 0 Å². The molecule has 1 aromatic heterocycles. The van der Waals surface area contributed by atoms with Crippen molar-refractivity contribution in [3.63, 3.8) is 0 Å². The molecule has 2 aromatic carbocycles. The van der Waals surface area contributed by atoms with Crippen LogP contribution >= 0.6 is 0 Å². The van der Waals surface area contributed by atoms with Crippen molar-refractivity contribution in [3.8, 4) is 11.1 Å². The molecule has 0 amide bonds. The minimum absolute atomic E-state index is 0.0124. The summed E-state index contributed by atoms with van der Waals surface area (Å²) >= 11 is 0. The van der Waals surface area contributed by atoms with E-state index >= 15 is 0 Å². The lowest BCUT2D eigenvalue weighted by atomic mass is 10.0. The van der Waals surface area contributed by atoms with Gasteiger partial charge in [0.05, 0.1) is 5.52 Å². The third-order valence-electron chi connectivity index (χ3n) is 3.67. The van der Waals surface area contributed by atoms with Gasteiger partial charge in [-0.15, -0.1) is 0 Å². The fraction of sp³-hybridized carbons (Fsp3) is 0.0588. The Morgan fingerprint density at radius 2 is 1.85 bits per heavy atom. The van der Waals surface area contributed by atoms with Crippen molar-refractivity contribution in [1.29, 1.82) is 0 Å². The van der Waals surface area contributed by atoms with E-state index in [-0.39, 0.29) is 12.5 Å². The highest BCUT2D eigenvalue weighted by molar-refractivity contribution is 6.10. The van der Waals surface area contributed by atoms with Crippen LogP contribution in [0.25, 0.3) is 22.0 Å². The Balaban J connectivity index is 2.11. The molecule has 0 bridgehead atoms. The average molecular weight is 260 g/mol. The summed E-state index contributed by atoms with van der Waals surface area (Å²) in [7, 11) is 0. The largest absolute Gasteiger partial charge is 0.284 e. The molecule has 20 heavy (non-hydrogen) atoms. The molecule has 1 aliphatic heterocycles. The van der Waals surface area contributed by atoms with Crippen LogP contribution in [0.4, 0.5) is 0 Å². The number of aliphatic imine (C=N–C) groups is 1. The number of nitrogens with zero attached hydrogens (tertiary/aromatic N) is 2. The topological polar surface area (TPSA) is 34.4 Å². The maximum Gasteiger partial charge on any atom is 0.252 e. The van der Waals surface area contributed by atoms with E-state index < -0.39 is 0 Å². The summed E-state index contributed by atoms with van der Waals surface area (Å²) in [5.74, 6) is 0.0124. The number of carbonyl (C=O) groups is 1. The lowest BCUT2D eigenvalue weighted by molar-refractivity contribution is 0.0930. The molecule has 2 heterocycles. The molecule has 0 aliphatic carbocycles. The van der Waals surface area contributed by atoms with Gasteiger partial charge in [0.15, 0.2) is 0 Å². The van der Waals surface area contributed by atoms with Crippen molar-refractivity contribution in [2.75, 3.05) is 6.54 Å². The van der Waals surface area contributed by atoms with Gasteiger partial charge in [-0.05, 0) is 5.56 Å². The highest BCUT2D eigenvalue weighted by atomic mass is 16.2. The molecule has 96 valence electrons. The van der Waals surface area contributed by atoms with Gasteiger partial charge >= 0.3 is 0 Å². The fourth-order valence-electron chi connectivity index (χ4n) is 2.76. The van der Waals surface area contributed by atoms with Gasteiger partial charge in [-0.1, -0.05) is 48.5 Å². The monoisotopic (exact) mass is 260 g/mol. The second-order valence-electron chi connectivity index (χ2n) is 4.89. The van der Waals surface area contributed by atoms with E-state index in [1.807, 2.05) is 36.5 Å². The standard InChI is InChI=1S/C17H12N2O/c20-16-10-18-9-13-7-4-8-14-15(11-19(16)17(13)14)12-5-2-1-3-6-12/h1-9,11H,10H2. The summed E-state index contributed by atoms with van der Waals surface area (Å²) in [6, 6.07) is 16.2. The normalized spacial score (nSPS) is 13.7. The van der Waals surface area contributed by atoms with E-state index in [4.69, 9.17) is 0 Å². The van der Waals surface area contributed by atoms with E-state index in [1.165, 1.54) is 0 Å². The molecule has 0 unspecified atom stereocenters. The van der Waals surface area contributed by atoms with Crippen molar-refractivity contribution in [2.45, 2.75) is 0 Å². The van der Waals surface area contributed by atoms with Gasteiger partial charge in [-0.3, -0.25) is 14.4 Å². The van der Waals surface area contributed by atoms with Crippen LogP contribution < -0.4 is 0 Å². The summed E-state index contributed by atoms with van der Waals surface area (Å²) in [6.07, 6.45) is 3.72. The minimum Gasteiger partial charge on any atom is -0.284 e. The zero-order valence-corrected chi connectivity index (χ0v) is 10.8. The Labute approximate surface area is 116 Å². The van der Waals surface area contributed by atoms with Crippen molar-refractivity contribution in [1.82, 2.24) is 4.57 Å². The molecule has 0 N–H and O–H groups in total. The number of para-hydroxylation sites is 1. The van der Waals surface area contributed by atoms with E-state index in [2.05, 4.69) is 23.2 Å². The Hall–Kier alpha value is -2.68. The molecule has 0 spiro atoms. The third kappa shape index (κ3) is 1.53. The third-order valence-corrected chi connectivity index (χ3v) is 3.67. The van der Waals surface area contributed by atoms with Gasteiger partial charge in [0.1, 0.15) is 6.54 Å². The second kappa shape index (κ2) is 4.17. The molecular formula is C17H12N2O. The van der Waals surface area contributed by atoms with Crippen molar-refractivity contribution in [2.24, 2.45) is 4.99 Å². The Morgan fingerprint density at radius 3 is 2.70 bits per heavy atom. The van der Waals surface area contributed by atoms with E-state index in [0.29, 0.717) is 0 Å². The summed E-state index contributed by atoms with van der Waals surface area (Å²) < 4.78 is 1.74. The molecule has 0 fully saturated rings. The number of carbonyl (C=O) groups excluding carboxylic acids is 1. The highest BCUT2D eigenvalue weighted by Crippen LogP contribution is 2.32. The van der Waals surface area contributed by atoms with Gasteiger partial charge < -0.3 is 0 Å². The van der Waals surface area contributed by atoms with Crippen LogP contribution in [-0.4, -0.2) is 23.2 Å². The second-order valence-corrected chi connectivity index (χ2v) is 4.89. The number of rotatable bonds is 1. The fourth-order valence-corrected chi connectivity index (χ4v) is 2.76. The molecule has 0 atom stereocenters. The van der Waals surface area contributed by atoms with E-state index in [9.17, 15) is 4.79 Å². The van der Waals surface area contributed by atoms with Crippen LogP contribution in [0.5, 0.6) is 0 Å². The lowest BCUT2D eigenvalue weighted by Crippen LogP contribution is -2.11. The quantitative estimate of drug-likeness (QED) is 0.660. The van der Waals surface area contributed by atoms with E-state index in [1.54, 1.807) is 10.8 Å². The smallest absolute Gasteiger partial charge is 0.252 e. The van der Waals surface area contributed by atoms with Crippen LogP contribution in [0.15, 0.2) is 59.7 Å². The molecule has 1 aliphatic rings. The van der Waals surface area contributed by atoms with Crippen LogP contribution in [0.2, 0.25) is 0 Å². The highest BCUT2D eigenvalue weighted by Gasteiger charge is 2.18. The Bertz CT molecular complexity index is 844. The van der Waals surface area contributed by atoms with Gasteiger partial charge in [0.2, 0.25) is 0 Å². The van der Waals surface area contributed by atoms with Crippen molar-refractivity contribution >= 4 is 23.0 Å². The molecule has 0 radical (unpaired) electrons. The number of benzene rings is 2.